The summed E-state index contributed by atoms with van der Waals surface area (Å²) in [6.07, 6.45) is 0. The summed E-state index contributed by atoms with van der Waals surface area (Å²) in [7, 11) is 0. The number of carboxylic acid groups (broad SMARTS) is 1. The van der Waals surface area contributed by atoms with Crippen LogP contribution in [0.3, 0.4) is 0 Å². The smallest absolute Gasteiger partial charge is 0.313 e. The van der Waals surface area contributed by atoms with Crippen LogP contribution >= 0.6 is 11.8 Å². The van der Waals surface area contributed by atoms with Crippen LogP contribution < -0.4 is 0 Å². The van der Waals surface area contributed by atoms with Gasteiger partial charge in [-0.25, -0.2) is 0 Å². The highest BCUT2D eigenvalue weighted by atomic mass is 32.2. The van der Waals surface area contributed by atoms with Crippen LogP contribution in [0.5, 0.6) is 0 Å². The van der Waals surface area contributed by atoms with Crippen LogP contribution in [0.4, 0.5) is 0 Å². The number of aliphatic carboxylic acids is 1. The predicted molar refractivity (Wildman–Crippen MR) is 63.8 cm³/mol. The van der Waals surface area contributed by atoms with Gasteiger partial charge in [-0.2, -0.15) is 0 Å². The number of piperazine rings is 1. The minimum Gasteiger partial charge on any atom is -0.481 e. The molecule has 1 N–H and O–H groups in total. The van der Waals surface area contributed by atoms with E-state index in [1.807, 2.05) is 0 Å². The fraction of sp³-hybridized carbons (Fsp3) is 0.700. The number of nitrogens with zero attached hydrogens (tertiary/aromatic N) is 2. The van der Waals surface area contributed by atoms with Crippen molar-refractivity contribution in [1.82, 2.24) is 9.80 Å². The molecular formula is C10H16N2O4S. The third kappa shape index (κ3) is 4.64. The van der Waals surface area contributed by atoms with E-state index in [1.165, 1.54) is 6.92 Å². The Morgan fingerprint density at radius 3 is 2.06 bits per heavy atom. The van der Waals surface area contributed by atoms with Gasteiger partial charge in [0.05, 0.1) is 11.5 Å². The molecule has 0 spiro atoms. The molecule has 0 atom stereocenters. The van der Waals surface area contributed by atoms with Crippen LogP contribution in [0.1, 0.15) is 6.92 Å². The number of amides is 2. The summed E-state index contributed by atoms with van der Waals surface area (Å²) >= 11 is 1.10. The predicted octanol–water partition coefficient (Wildman–Crippen LogP) is -0.505. The molecule has 1 heterocycles. The Balaban J connectivity index is 2.26. The first kappa shape index (κ1) is 13.8. The maximum absolute atomic E-state index is 11.7. The number of carboxylic acids is 1. The highest BCUT2D eigenvalue weighted by Gasteiger charge is 2.22. The first-order chi connectivity index (χ1) is 8.00. The molecule has 6 nitrogen and oxygen atoms in total. The lowest BCUT2D eigenvalue weighted by atomic mass is 10.3. The van der Waals surface area contributed by atoms with E-state index < -0.39 is 5.97 Å². The van der Waals surface area contributed by atoms with Gasteiger partial charge in [0.25, 0.3) is 0 Å². The van der Waals surface area contributed by atoms with E-state index in [0.29, 0.717) is 26.2 Å². The van der Waals surface area contributed by atoms with E-state index in [-0.39, 0.29) is 23.3 Å². The second kappa shape index (κ2) is 6.48. The van der Waals surface area contributed by atoms with Crippen molar-refractivity contribution in [2.75, 3.05) is 37.7 Å². The van der Waals surface area contributed by atoms with Crippen LogP contribution in [0.15, 0.2) is 0 Å². The van der Waals surface area contributed by atoms with Gasteiger partial charge in [-0.15, -0.1) is 11.8 Å². The number of thioether (sulfide) groups is 1. The molecular weight excluding hydrogens is 244 g/mol. The third-order valence-electron chi connectivity index (χ3n) is 2.53. The Morgan fingerprint density at radius 1 is 1.06 bits per heavy atom. The van der Waals surface area contributed by atoms with Gasteiger partial charge in [-0.3, -0.25) is 14.4 Å². The molecule has 0 aromatic rings. The average Bonchev–Trinajstić information content (AvgIpc) is 2.28. The number of hydrogen-bond donors (Lipinski definition) is 1. The third-order valence-corrected chi connectivity index (χ3v) is 3.43. The molecule has 0 unspecified atom stereocenters. The quantitative estimate of drug-likeness (QED) is 0.737. The fourth-order valence-electron chi connectivity index (χ4n) is 1.59. The maximum atomic E-state index is 11.7. The van der Waals surface area contributed by atoms with Gasteiger partial charge in [0.15, 0.2) is 0 Å². The topological polar surface area (TPSA) is 77.9 Å². The molecule has 1 fully saturated rings. The number of carbonyl (C=O) groups excluding carboxylic acids is 2. The molecule has 0 radical (unpaired) electrons. The molecule has 0 aliphatic carbocycles. The van der Waals surface area contributed by atoms with Crippen LogP contribution in [-0.4, -0.2) is 70.4 Å². The SMILES string of the molecule is CC(=O)N1CCN(C(=O)CSCC(=O)O)CC1. The number of hydrogen-bond acceptors (Lipinski definition) is 4. The van der Waals surface area contributed by atoms with Crippen LogP contribution in [-0.2, 0) is 14.4 Å². The summed E-state index contributed by atoms with van der Waals surface area (Å²) in [6, 6.07) is 0. The molecule has 1 aliphatic rings. The molecule has 1 rings (SSSR count). The summed E-state index contributed by atoms with van der Waals surface area (Å²) in [5.41, 5.74) is 0. The standard InChI is InChI=1S/C10H16N2O4S/c1-8(13)11-2-4-12(5-3-11)9(14)6-17-7-10(15)16/h2-7H2,1H3,(H,15,16). The number of carbonyl (C=O) groups is 3. The fourth-order valence-corrected chi connectivity index (χ4v) is 2.22. The van der Waals surface area contributed by atoms with Gasteiger partial charge in [0.2, 0.25) is 11.8 Å². The lowest BCUT2D eigenvalue weighted by Gasteiger charge is -2.34. The molecule has 0 aromatic carbocycles. The van der Waals surface area contributed by atoms with Crippen LogP contribution in [0.2, 0.25) is 0 Å². The summed E-state index contributed by atoms with van der Waals surface area (Å²) < 4.78 is 0. The van der Waals surface area contributed by atoms with Gasteiger partial charge in [-0.1, -0.05) is 0 Å². The zero-order chi connectivity index (χ0) is 12.8. The minimum absolute atomic E-state index is 0.0253. The molecule has 0 bridgehead atoms. The largest absolute Gasteiger partial charge is 0.481 e. The van der Waals surface area contributed by atoms with E-state index in [0.717, 1.165) is 11.8 Å². The number of rotatable bonds is 4. The molecule has 0 aromatic heterocycles. The van der Waals surface area contributed by atoms with Crippen LogP contribution in [0.25, 0.3) is 0 Å². The Kier molecular flexibility index (Phi) is 5.27. The normalized spacial score (nSPS) is 15.8. The van der Waals surface area contributed by atoms with Crippen molar-refractivity contribution in [3.63, 3.8) is 0 Å². The Morgan fingerprint density at radius 2 is 1.59 bits per heavy atom. The van der Waals surface area contributed by atoms with E-state index in [1.54, 1.807) is 9.80 Å². The van der Waals surface area contributed by atoms with Crippen molar-refractivity contribution in [3.05, 3.63) is 0 Å². The van der Waals surface area contributed by atoms with E-state index in [4.69, 9.17) is 5.11 Å². The summed E-state index contributed by atoms with van der Waals surface area (Å²) in [6.45, 7) is 3.70. The molecule has 2 amide bonds. The van der Waals surface area contributed by atoms with Crippen molar-refractivity contribution < 1.29 is 19.5 Å². The molecule has 17 heavy (non-hydrogen) atoms. The zero-order valence-electron chi connectivity index (χ0n) is 9.72. The molecule has 7 heteroatoms. The summed E-state index contributed by atoms with van der Waals surface area (Å²) in [5, 5.41) is 8.44. The molecule has 1 saturated heterocycles. The first-order valence-electron chi connectivity index (χ1n) is 5.33. The maximum Gasteiger partial charge on any atom is 0.313 e. The minimum atomic E-state index is -0.913. The van der Waals surface area contributed by atoms with Gasteiger partial charge in [-0.05, 0) is 0 Å². The second-order valence-electron chi connectivity index (χ2n) is 3.77. The van der Waals surface area contributed by atoms with Crippen molar-refractivity contribution in [2.24, 2.45) is 0 Å². The van der Waals surface area contributed by atoms with E-state index in [9.17, 15) is 14.4 Å². The van der Waals surface area contributed by atoms with Gasteiger partial charge >= 0.3 is 5.97 Å². The monoisotopic (exact) mass is 260 g/mol. The highest BCUT2D eigenvalue weighted by Crippen LogP contribution is 2.06. The lowest BCUT2D eigenvalue weighted by molar-refractivity contribution is -0.136. The Labute approximate surface area is 104 Å². The van der Waals surface area contributed by atoms with E-state index in [2.05, 4.69) is 0 Å². The highest BCUT2D eigenvalue weighted by molar-refractivity contribution is 8.00. The van der Waals surface area contributed by atoms with Crippen LogP contribution in [0, 0.1) is 0 Å². The van der Waals surface area contributed by atoms with Gasteiger partial charge in [0, 0.05) is 33.1 Å². The average molecular weight is 260 g/mol. The summed E-state index contributed by atoms with van der Waals surface area (Å²) in [5.74, 6) is -0.813. The summed E-state index contributed by atoms with van der Waals surface area (Å²) in [4.78, 5) is 36.4. The second-order valence-corrected chi connectivity index (χ2v) is 4.76. The van der Waals surface area contributed by atoms with Crippen molar-refractivity contribution in [2.45, 2.75) is 6.92 Å². The molecule has 1 aliphatic heterocycles. The van der Waals surface area contributed by atoms with Crippen molar-refractivity contribution in [1.29, 1.82) is 0 Å². The molecule has 96 valence electrons. The van der Waals surface area contributed by atoms with Crippen molar-refractivity contribution >= 4 is 29.5 Å². The zero-order valence-corrected chi connectivity index (χ0v) is 10.5. The lowest BCUT2D eigenvalue weighted by Crippen LogP contribution is -2.50. The van der Waals surface area contributed by atoms with Crippen molar-refractivity contribution in [3.8, 4) is 0 Å². The Bertz CT molecular complexity index is 313. The Hall–Kier alpha value is -1.24. The van der Waals surface area contributed by atoms with Gasteiger partial charge < -0.3 is 14.9 Å². The molecule has 0 saturated carbocycles. The van der Waals surface area contributed by atoms with Gasteiger partial charge in [0.1, 0.15) is 0 Å². The van der Waals surface area contributed by atoms with E-state index >= 15 is 0 Å². The first-order valence-corrected chi connectivity index (χ1v) is 6.49.